The van der Waals surface area contributed by atoms with Crippen LogP contribution in [0.5, 0.6) is 0 Å². The minimum absolute atomic E-state index is 0.0326. The van der Waals surface area contributed by atoms with E-state index in [4.69, 9.17) is 0 Å². The molecule has 0 aliphatic heterocycles. The van der Waals surface area contributed by atoms with Gasteiger partial charge in [-0.15, -0.1) is 0 Å². The number of hydrogen-bond donors (Lipinski definition) is 3. The molecule has 2 heterocycles. The lowest BCUT2D eigenvalue weighted by Crippen LogP contribution is -2.36. The van der Waals surface area contributed by atoms with Gasteiger partial charge in [0.1, 0.15) is 5.69 Å². The molecule has 0 unspecified atom stereocenters. The number of H-pyrrole nitrogens is 1. The van der Waals surface area contributed by atoms with E-state index in [1.54, 1.807) is 13.1 Å². The number of carbonyl (C=O) groups excluding carboxylic acids is 2. The lowest BCUT2D eigenvalue weighted by atomic mass is 9.77. The third kappa shape index (κ3) is 5.65. The number of aromatic nitrogens is 3. The zero-order chi connectivity index (χ0) is 20.8. The molecular formula is C22H31N5O2. The summed E-state index contributed by atoms with van der Waals surface area (Å²) in [4.78, 5) is 28.5. The van der Waals surface area contributed by atoms with Crippen molar-refractivity contribution in [2.75, 3.05) is 6.54 Å². The summed E-state index contributed by atoms with van der Waals surface area (Å²) < 4.78 is 0. The maximum atomic E-state index is 12.4. The molecule has 29 heavy (non-hydrogen) atoms. The number of carbonyl (C=O) groups is 2. The van der Waals surface area contributed by atoms with Crippen molar-refractivity contribution in [2.24, 2.45) is 11.8 Å². The molecule has 156 valence electrons. The van der Waals surface area contributed by atoms with Crippen LogP contribution < -0.4 is 10.6 Å². The van der Waals surface area contributed by atoms with E-state index in [1.165, 1.54) is 0 Å². The molecule has 3 rings (SSSR count). The van der Waals surface area contributed by atoms with Crippen molar-refractivity contribution in [1.29, 1.82) is 0 Å². The Bertz CT molecular complexity index is 810. The smallest absolute Gasteiger partial charge is 0.271 e. The molecule has 0 bridgehead atoms. The monoisotopic (exact) mass is 397 g/mol. The Balaban J connectivity index is 1.51. The van der Waals surface area contributed by atoms with Gasteiger partial charge in [0.15, 0.2) is 0 Å². The van der Waals surface area contributed by atoms with Crippen LogP contribution >= 0.6 is 0 Å². The highest BCUT2D eigenvalue weighted by atomic mass is 16.2. The normalized spacial score (nSPS) is 20.3. The number of aromatic amines is 1. The minimum atomic E-state index is -0.125. The summed E-state index contributed by atoms with van der Waals surface area (Å²) in [6.45, 7) is 6.33. The summed E-state index contributed by atoms with van der Waals surface area (Å²) >= 11 is 0. The molecule has 0 saturated heterocycles. The van der Waals surface area contributed by atoms with Gasteiger partial charge in [-0.2, -0.15) is 5.10 Å². The molecule has 1 aliphatic rings. The van der Waals surface area contributed by atoms with E-state index in [1.807, 2.05) is 24.3 Å². The Morgan fingerprint density at radius 2 is 1.97 bits per heavy atom. The van der Waals surface area contributed by atoms with Crippen molar-refractivity contribution in [2.45, 2.75) is 58.4 Å². The van der Waals surface area contributed by atoms with E-state index in [-0.39, 0.29) is 17.9 Å². The van der Waals surface area contributed by atoms with Crippen LogP contribution in [-0.2, 0) is 4.79 Å². The standard InChI is InChI=1S/C22H31N5O2/c1-14(2)19-12-20(27-26-19)22(29)24-13-16-7-9-17(10-8-16)21(25-15(3)28)18-6-4-5-11-23-18/h4-6,11-12,14,16-17,21H,7-10,13H2,1-3H3,(H,24,29)(H,25,28)(H,26,27)/t16?,17?,21-/m1/s1. The second-order valence-electron chi connectivity index (χ2n) is 8.29. The molecule has 7 nitrogen and oxygen atoms in total. The number of rotatable bonds is 7. The van der Waals surface area contributed by atoms with Crippen LogP contribution in [0.1, 0.15) is 80.3 Å². The molecule has 3 N–H and O–H groups in total. The van der Waals surface area contributed by atoms with E-state index in [0.717, 1.165) is 37.1 Å². The zero-order valence-electron chi connectivity index (χ0n) is 17.4. The molecular weight excluding hydrogens is 366 g/mol. The largest absolute Gasteiger partial charge is 0.350 e. The lowest BCUT2D eigenvalue weighted by Gasteiger charge is -2.34. The highest BCUT2D eigenvalue weighted by Gasteiger charge is 2.30. The van der Waals surface area contributed by atoms with Crippen molar-refractivity contribution in [3.05, 3.63) is 47.5 Å². The third-order valence-electron chi connectivity index (χ3n) is 5.73. The van der Waals surface area contributed by atoms with Gasteiger partial charge in [-0.1, -0.05) is 19.9 Å². The Labute approximate surface area is 172 Å². The first-order chi connectivity index (χ1) is 13.9. The number of nitrogens with zero attached hydrogens (tertiary/aromatic N) is 2. The quantitative estimate of drug-likeness (QED) is 0.667. The summed E-state index contributed by atoms with van der Waals surface area (Å²) in [5.74, 6) is 0.964. The van der Waals surface area contributed by atoms with Gasteiger partial charge < -0.3 is 10.6 Å². The number of pyridine rings is 1. The van der Waals surface area contributed by atoms with Gasteiger partial charge in [0.05, 0.1) is 11.7 Å². The van der Waals surface area contributed by atoms with Crippen LogP contribution in [-0.4, -0.2) is 33.5 Å². The molecule has 0 aromatic carbocycles. The van der Waals surface area contributed by atoms with Crippen LogP contribution in [0, 0.1) is 11.8 Å². The fraction of sp³-hybridized carbons (Fsp3) is 0.545. The number of nitrogens with one attached hydrogen (secondary N) is 3. The maximum Gasteiger partial charge on any atom is 0.271 e. The van der Waals surface area contributed by atoms with Crippen LogP contribution in [0.25, 0.3) is 0 Å². The van der Waals surface area contributed by atoms with E-state index in [9.17, 15) is 9.59 Å². The van der Waals surface area contributed by atoms with Crippen molar-refractivity contribution in [3.63, 3.8) is 0 Å². The summed E-state index contributed by atoms with van der Waals surface area (Å²) in [6.07, 6.45) is 5.81. The third-order valence-corrected chi connectivity index (χ3v) is 5.73. The van der Waals surface area contributed by atoms with Gasteiger partial charge in [-0.05, 0) is 61.6 Å². The lowest BCUT2D eigenvalue weighted by molar-refractivity contribution is -0.120. The predicted octanol–water partition coefficient (Wildman–Crippen LogP) is 3.34. The topological polar surface area (TPSA) is 99.8 Å². The Kier molecular flexibility index (Phi) is 7.01. The van der Waals surface area contributed by atoms with E-state index < -0.39 is 0 Å². The molecule has 2 aromatic rings. The Morgan fingerprint density at radius 3 is 2.55 bits per heavy atom. The summed E-state index contributed by atoms with van der Waals surface area (Å²) in [7, 11) is 0. The van der Waals surface area contributed by atoms with Crippen LogP contribution in [0.2, 0.25) is 0 Å². The van der Waals surface area contributed by atoms with Crippen molar-refractivity contribution >= 4 is 11.8 Å². The molecule has 2 amide bonds. The van der Waals surface area contributed by atoms with Crippen molar-refractivity contribution in [1.82, 2.24) is 25.8 Å². The minimum Gasteiger partial charge on any atom is -0.350 e. The van der Waals surface area contributed by atoms with Crippen LogP contribution in [0.4, 0.5) is 0 Å². The molecule has 1 atom stereocenters. The van der Waals surface area contributed by atoms with E-state index in [0.29, 0.717) is 30.0 Å². The summed E-state index contributed by atoms with van der Waals surface area (Å²) in [6, 6.07) is 7.59. The molecule has 0 spiro atoms. The highest BCUT2D eigenvalue weighted by molar-refractivity contribution is 5.92. The second kappa shape index (κ2) is 9.67. The molecule has 1 aliphatic carbocycles. The van der Waals surface area contributed by atoms with Crippen molar-refractivity contribution in [3.8, 4) is 0 Å². The van der Waals surface area contributed by atoms with Gasteiger partial charge in [0.2, 0.25) is 5.91 Å². The van der Waals surface area contributed by atoms with Crippen LogP contribution in [0.3, 0.4) is 0 Å². The van der Waals surface area contributed by atoms with Gasteiger partial charge in [-0.25, -0.2) is 0 Å². The first-order valence-corrected chi connectivity index (χ1v) is 10.5. The van der Waals surface area contributed by atoms with E-state index >= 15 is 0 Å². The SMILES string of the molecule is CC(=O)N[C@@H](c1ccccn1)C1CCC(CNC(=O)c2cc(C(C)C)[nH]n2)CC1. The Morgan fingerprint density at radius 1 is 1.21 bits per heavy atom. The number of hydrogen-bond acceptors (Lipinski definition) is 4. The number of amides is 2. The molecule has 2 aromatic heterocycles. The zero-order valence-corrected chi connectivity index (χ0v) is 17.4. The molecule has 1 saturated carbocycles. The average molecular weight is 398 g/mol. The van der Waals surface area contributed by atoms with Gasteiger partial charge in [0, 0.05) is 25.4 Å². The van der Waals surface area contributed by atoms with Gasteiger partial charge in [-0.3, -0.25) is 19.7 Å². The summed E-state index contributed by atoms with van der Waals surface area (Å²) in [5.41, 5.74) is 2.33. The van der Waals surface area contributed by atoms with E-state index in [2.05, 4.69) is 39.7 Å². The fourth-order valence-corrected chi connectivity index (χ4v) is 4.01. The second-order valence-corrected chi connectivity index (χ2v) is 8.29. The molecule has 0 radical (unpaired) electrons. The first-order valence-electron chi connectivity index (χ1n) is 10.5. The molecule has 7 heteroatoms. The summed E-state index contributed by atoms with van der Waals surface area (Å²) in [5, 5.41) is 13.1. The van der Waals surface area contributed by atoms with Gasteiger partial charge in [0.25, 0.3) is 5.91 Å². The average Bonchev–Trinajstić information content (AvgIpc) is 3.22. The van der Waals surface area contributed by atoms with Gasteiger partial charge >= 0.3 is 0 Å². The molecule has 1 fully saturated rings. The Hall–Kier alpha value is -2.70. The van der Waals surface area contributed by atoms with Crippen LogP contribution in [0.15, 0.2) is 30.5 Å². The fourth-order valence-electron chi connectivity index (χ4n) is 4.01. The maximum absolute atomic E-state index is 12.4. The predicted molar refractivity (Wildman–Crippen MR) is 111 cm³/mol. The first kappa shape index (κ1) is 21.0. The van der Waals surface area contributed by atoms with Crippen molar-refractivity contribution < 1.29 is 9.59 Å². The highest BCUT2D eigenvalue weighted by Crippen LogP contribution is 2.36.